The topological polar surface area (TPSA) is 90.3 Å². The number of hydrogen-bond donors (Lipinski definition) is 1. The van der Waals surface area contributed by atoms with Gasteiger partial charge in [-0.1, -0.05) is 0 Å². The molecule has 0 aliphatic carbocycles. The van der Waals surface area contributed by atoms with Gasteiger partial charge in [0.15, 0.2) is 5.76 Å². The Morgan fingerprint density at radius 2 is 2.13 bits per heavy atom. The minimum Gasteiger partial charge on any atom is -0.459 e. The largest absolute Gasteiger partial charge is 0.459 e. The highest BCUT2D eigenvalue weighted by Crippen LogP contribution is 2.16. The number of nitrogens with one attached hydrogen (secondary N) is 1. The van der Waals surface area contributed by atoms with Gasteiger partial charge >= 0.3 is 5.76 Å². The summed E-state index contributed by atoms with van der Waals surface area (Å²) in [6, 6.07) is 5.81. The zero-order chi connectivity index (χ0) is 16.4. The first-order valence-corrected chi connectivity index (χ1v) is 6.39. The molecule has 0 aliphatic rings. The molecule has 118 valence electrons. The summed E-state index contributed by atoms with van der Waals surface area (Å²) < 4.78 is 36.9. The van der Waals surface area contributed by atoms with Crippen molar-refractivity contribution in [1.82, 2.24) is 9.78 Å². The van der Waals surface area contributed by atoms with Crippen LogP contribution < -0.4 is 11.1 Å². The number of halogens is 2. The third kappa shape index (κ3) is 3.18. The highest BCUT2D eigenvalue weighted by molar-refractivity contribution is 5.90. The number of amides is 1. The number of aromatic nitrogens is 2. The number of nitrogens with zero attached hydrogens (tertiary/aromatic N) is 2. The van der Waals surface area contributed by atoms with E-state index >= 15 is 0 Å². The van der Waals surface area contributed by atoms with E-state index in [2.05, 4.69) is 10.4 Å². The van der Waals surface area contributed by atoms with E-state index in [1.54, 1.807) is 6.07 Å². The van der Waals surface area contributed by atoms with Crippen LogP contribution in [0.5, 0.6) is 0 Å². The molecule has 1 aromatic carbocycles. The van der Waals surface area contributed by atoms with Crippen LogP contribution in [0.1, 0.15) is 0 Å². The molecule has 0 aliphatic heterocycles. The highest BCUT2D eigenvalue weighted by atomic mass is 19.1. The lowest BCUT2D eigenvalue weighted by Crippen LogP contribution is -2.26. The smallest absolute Gasteiger partial charge is 0.437 e. The molecule has 0 saturated heterocycles. The first kappa shape index (κ1) is 14.7. The second-order valence-electron chi connectivity index (χ2n) is 4.48. The summed E-state index contributed by atoms with van der Waals surface area (Å²) in [5.74, 6) is -3.15. The van der Waals surface area contributed by atoms with Crippen molar-refractivity contribution in [2.24, 2.45) is 0 Å². The molecule has 2 aromatic heterocycles. The Kier molecular flexibility index (Phi) is 3.75. The zero-order valence-corrected chi connectivity index (χ0v) is 11.5. The maximum atomic E-state index is 13.4. The third-order valence-electron chi connectivity index (χ3n) is 2.84. The van der Waals surface area contributed by atoms with Crippen LogP contribution >= 0.6 is 0 Å². The van der Waals surface area contributed by atoms with Crippen molar-refractivity contribution in [3.05, 3.63) is 58.8 Å². The molecule has 3 aromatic rings. The number of carbonyl (C=O) groups excluding carboxylic acids is 1. The first-order valence-electron chi connectivity index (χ1n) is 6.39. The van der Waals surface area contributed by atoms with E-state index in [0.29, 0.717) is 6.07 Å². The third-order valence-corrected chi connectivity index (χ3v) is 2.84. The Hall–Kier alpha value is -3.23. The Balaban J connectivity index is 1.74. The predicted molar refractivity (Wildman–Crippen MR) is 73.5 cm³/mol. The molecule has 0 fully saturated rings. The summed E-state index contributed by atoms with van der Waals surface area (Å²) in [6.45, 7) is -0.500. The molecule has 0 spiro atoms. The van der Waals surface area contributed by atoms with Gasteiger partial charge in [0.2, 0.25) is 5.91 Å². The summed E-state index contributed by atoms with van der Waals surface area (Å²) >= 11 is 0. The van der Waals surface area contributed by atoms with E-state index in [9.17, 15) is 18.4 Å². The Bertz CT molecular complexity index is 899. The van der Waals surface area contributed by atoms with Crippen molar-refractivity contribution < 1.29 is 22.4 Å². The van der Waals surface area contributed by atoms with Gasteiger partial charge in [0, 0.05) is 6.07 Å². The van der Waals surface area contributed by atoms with Crippen LogP contribution in [0.3, 0.4) is 0 Å². The molecular weight excluding hydrogens is 312 g/mol. The van der Waals surface area contributed by atoms with Gasteiger partial charge in [0.25, 0.3) is 5.89 Å². The summed E-state index contributed by atoms with van der Waals surface area (Å²) in [5, 5.41) is 6.01. The van der Waals surface area contributed by atoms with E-state index in [1.165, 1.54) is 12.3 Å². The molecule has 0 saturated carbocycles. The van der Waals surface area contributed by atoms with Gasteiger partial charge in [-0.05, 0) is 24.3 Å². The van der Waals surface area contributed by atoms with Crippen LogP contribution in [0.25, 0.3) is 11.7 Å². The van der Waals surface area contributed by atoms with E-state index in [0.717, 1.165) is 16.8 Å². The molecule has 7 nitrogen and oxygen atoms in total. The van der Waals surface area contributed by atoms with E-state index < -0.39 is 29.8 Å². The molecule has 2 heterocycles. The maximum absolute atomic E-state index is 13.4. The average Bonchev–Trinajstić information content (AvgIpc) is 3.13. The molecule has 9 heteroatoms. The van der Waals surface area contributed by atoms with Crippen molar-refractivity contribution in [2.75, 3.05) is 5.32 Å². The van der Waals surface area contributed by atoms with Crippen molar-refractivity contribution >= 4 is 11.6 Å². The summed E-state index contributed by atoms with van der Waals surface area (Å²) in [4.78, 5) is 23.5. The second-order valence-corrected chi connectivity index (χ2v) is 4.48. The van der Waals surface area contributed by atoms with Crippen molar-refractivity contribution in [3.63, 3.8) is 0 Å². The van der Waals surface area contributed by atoms with Crippen LogP contribution in [0.4, 0.5) is 14.5 Å². The fourth-order valence-electron chi connectivity index (χ4n) is 1.82. The lowest BCUT2D eigenvalue weighted by atomic mass is 10.3. The van der Waals surface area contributed by atoms with Crippen LogP contribution in [-0.2, 0) is 11.3 Å². The van der Waals surface area contributed by atoms with Crippen LogP contribution in [0.2, 0.25) is 0 Å². The Morgan fingerprint density at radius 3 is 2.83 bits per heavy atom. The van der Waals surface area contributed by atoms with Gasteiger partial charge in [-0.2, -0.15) is 4.68 Å². The van der Waals surface area contributed by atoms with Crippen LogP contribution in [0.15, 0.2) is 50.2 Å². The number of furan rings is 1. The zero-order valence-electron chi connectivity index (χ0n) is 11.5. The first-order chi connectivity index (χ1) is 11.0. The van der Waals surface area contributed by atoms with Crippen LogP contribution in [-0.4, -0.2) is 15.7 Å². The second kappa shape index (κ2) is 5.87. The van der Waals surface area contributed by atoms with Crippen molar-refractivity contribution in [2.45, 2.75) is 6.54 Å². The normalized spacial score (nSPS) is 10.7. The monoisotopic (exact) mass is 321 g/mol. The number of hydrogen-bond acceptors (Lipinski definition) is 5. The molecule has 23 heavy (non-hydrogen) atoms. The quantitative estimate of drug-likeness (QED) is 0.794. The van der Waals surface area contributed by atoms with Gasteiger partial charge in [0.1, 0.15) is 18.2 Å². The van der Waals surface area contributed by atoms with E-state index in [4.69, 9.17) is 8.83 Å². The number of carbonyl (C=O) groups is 1. The predicted octanol–water partition coefficient (Wildman–Crippen LogP) is 2.01. The lowest BCUT2D eigenvalue weighted by molar-refractivity contribution is -0.117. The minimum atomic E-state index is -0.929. The molecule has 0 bridgehead atoms. The minimum absolute atomic E-state index is 0.0826. The Morgan fingerprint density at radius 1 is 1.30 bits per heavy atom. The van der Waals surface area contributed by atoms with E-state index in [-0.39, 0.29) is 17.3 Å². The summed E-state index contributed by atoms with van der Waals surface area (Å²) in [6.07, 6.45) is 1.37. The molecule has 0 radical (unpaired) electrons. The summed E-state index contributed by atoms with van der Waals surface area (Å²) in [7, 11) is 0. The Labute approximate surface area is 127 Å². The maximum Gasteiger partial charge on any atom is 0.437 e. The molecular formula is C14H9F2N3O4. The molecule has 0 atom stereocenters. The lowest BCUT2D eigenvalue weighted by Gasteiger charge is -2.05. The van der Waals surface area contributed by atoms with Crippen molar-refractivity contribution in [3.8, 4) is 11.7 Å². The van der Waals surface area contributed by atoms with Gasteiger partial charge in [0.05, 0.1) is 12.0 Å². The molecule has 0 unspecified atom stereocenters. The summed E-state index contributed by atoms with van der Waals surface area (Å²) in [5.41, 5.74) is -0.209. The van der Waals surface area contributed by atoms with Crippen molar-refractivity contribution in [1.29, 1.82) is 0 Å². The average molecular weight is 321 g/mol. The highest BCUT2D eigenvalue weighted by Gasteiger charge is 2.15. The van der Waals surface area contributed by atoms with Gasteiger partial charge in [-0.15, -0.1) is 5.10 Å². The fourth-order valence-corrected chi connectivity index (χ4v) is 1.82. The SMILES string of the molecule is O=C(Cn1nc(-c2ccco2)oc1=O)Nc1ccc(F)cc1F. The molecule has 1 amide bonds. The van der Waals surface area contributed by atoms with Gasteiger partial charge in [-0.3, -0.25) is 4.79 Å². The molecule has 3 rings (SSSR count). The van der Waals surface area contributed by atoms with Gasteiger partial charge < -0.3 is 14.2 Å². The molecule has 1 N–H and O–H groups in total. The standard InChI is InChI=1S/C14H9F2N3O4/c15-8-3-4-10(9(16)6-8)17-12(20)7-19-14(21)23-13(18-19)11-2-1-5-22-11/h1-6H,7H2,(H,17,20). The number of rotatable bonds is 4. The van der Waals surface area contributed by atoms with E-state index in [1.807, 2.05) is 0 Å². The van der Waals surface area contributed by atoms with Crippen LogP contribution in [0, 0.1) is 11.6 Å². The number of benzene rings is 1. The fraction of sp³-hybridized carbons (Fsp3) is 0.0714. The van der Waals surface area contributed by atoms with Gasteiger partial charge in [-0.25, -0.2) is 13.6 Å². The number of anilines is 1.